The van der Waals surface area contributed by atoms with E-state index in [0.717, 1.165) is 13.0 Å². The van der Waals surface area contributed by atoms with Crippen molar-refractivity contribution in [2.24, 2.45) is 0 Å². The molecule has 0 aliphatic carbocycles. The highest BCUT2D eigenvalue weighted by Crippen LogP contribution is 1.85. The number of carbonyl (C=O) groups excluding carboxylic acids is 1. The van der Waals surface area contributed by atoms with Crippen LogP contribution in [0.4, 0.5) is 0 Å². The molecule has 0 amide bonds. The quantitative estimate of drug-likeness (QED) is 0.371. The Labute approximate surface area is 80.2 Å². The molecule has 0 aromatic rings. The molecule has 0 spiro atoms. The first kappa shape index (κ1) is 12.2. The fourth-order valence-corrected chi connectivity index (χ4v) is 0.901. The van der Waals surface area contributed by atoms with Gasteiger partial charge in [0.2, 0.25) is 0 Å². The highest BCUT2D eigenvalue weighted by molar-refractivity contribution is 5.69. The van der Waals surface area contributed by atoms with Gasteiger partial charge in [0.05, 0.1) is 13.0 Å². The average Bonchev–Trinajstić information content (AvgIpc) is 2.11. The normalized spacial score (nSPS) is 10.6. The second-order valence-corrected chi connectivity index (χ2v) is 2.66. The van der Waals surface area contributed by atoms with Crippen LogP contribution in [0.5, 0.6) is 0 Å². The van der Waals surface area contributed by atoms with Gasteiger partial charge in [-0.3, -0.25) is 4.79 Å². The number of nitrogens with one attached hydrogen (secondary N) is 1. The summed E-state index contributed by atoms with van der Waals surface area (Å²) in [4.78, 5) is 10.9. The van der Waals surface area contributed by atoms with Gasteiger partial charge in [-0.05, 0) is 26.8 Å². The maximum Gasteiger partial charge on any atom is 0.307 e. The van der Waals surface area contributed by atoms with Crippen LogP contribution in [0.3, 0.4) is 0 Å². The SMILES string of the molecule is C/C=C/CCNCCC(=O)OCC. The fourth-order valence-electron chi connectivity index (χ4n) is 0.901. The summed E-state index contributed by atoms with van der Waals surface area (Å²) in [5.74, 6) is -0.124. The van der Waals surface area contributed by atoms with Crippen molar-refractivity contribution in [2.45, 2.75) is 26.7 Å². The molecule has 0 saturated carbocycles. The smallest absolute Gasteiger partial charge is 0.307 e. The summed E-state index contributed by atoms with van der Waals surface area (Å²) in [5, 5.41) is 3.16. The third kappa shape index (κ3) is 9.08. The molecule has 0 fully saturated rings. The molecule has 13 heavy (non-hydrogen) atoms. The first-order valence-corrected chi connectivity index (χ1v) is 4.78. The molecule has 0 saturated heterocycles. The van der Waals surface area contributed by atoms with E-state index in [-0.39, 0.29) is 5.97 Å². The van der Waals surface area contributed by atoms with Crippen molar-refractivity contribution < 1.29 is 9.53 Å². The third-order valence-electron chi connectivity index (χ3n) is 1.53. The summed E-state index contributed by atoms with van der Waals surface area (Å²) in [7, 11) is 0. The van der Waals surface area contributed by atoms with Crippen LogP contribution in [0.2, 0.25) is 0 Å². The molecule has 3 nitrogen and oxygen atoms in total. The van der Waals surface area contributed by atoms with E-state index in [0.29, 0.717) is 19.6 Å². The van der Waals surface area contributed by atoms with E-state index in [1.165, 1.54) is 0 Å². The Balaban J connectivity index is 3.11. The lowest BCUT2D eigenvalue weighted by molar-refractivity contribution is -0.142. The predicted octanol–water partition coefficient (Wildman–Crippen LogP) is 1.50. The van der Waals surface area contributed by atoms with Crippen LogP contribution in [0.1, 0.15) is 26.7 Å². The average molecular weight is 185 g/mol. The van der Waals surface area contributed by atoms with Crippen LogP contribution in [0.25, 0.3) is 0 Å². The first-order chi connectivity index (χ1) is 6.31. The number of rotatable bonds is 7. The van der Waals surface area contributed by atoms with E-state index in [1.807, 2.05) is 19.9 Å². The molecule has 1 N–H and O–H groups in total. The Hall–Kier alpha value is -0.830. The van der Waals surface area contributed by atoms with E-state index >= 15 is 0 Å². The van der Waals surface area contributed by atoms with Crippen LogP contribution in [-0.2, 0) is 9.53 Å². The molecule has 0 aliphatic rings. The third-order valence-corrected chi connectivity index (χ3v) is 1.53. The molecule has 76 valence electrons. The second-order valence-electron chi connectivity index (χ2n) is 2.66. The summed E-state index contributed by atoms with van der Waals surface area (Å²) in [6, 6.07) is 0. The molecular weight excluding hydrogens is 166 g/mol. The van der Waals surface area contributed by atoms with Gasteiger partial charge in [-0.2, -0.15) is 0 Å². The van der Waals surface area contributed by atoms with E-state index in [1.54, 1.807) is 0 Å². The van der Waals surface area contributed by atoms with Crippen molar-refractivity contribution in [2.75, 3.05) is 19.7 Å². The van der Waals surface area contributed by atoms with Crippen molar-refractivity contribution in [3.05, 3.63) is 12.2 Å². The van der Waals surface area contributed by atoms with E-state index in [4.69, 9.17) is 4.74 Å². The molecule has 0 atom stereocenters. The Kier molecular flexibility index (Phi) is 8.67. The van der Waals surface area contributed by atoms with Crippen molar-refractivity contribution in [3.63, 3.8) is 0 Å². The summed E-state index contributed by atoms with van der Waals surface area (Å²) in [6.07, 6.45) is 5.59. The summed E-state index contributed by atoms with van der Waals surface area (Å²) in [5.41, 5.74) is 0. The predicted molar refractivity (Wildman–Crippen MR) is 53.6 cm³/mol. The lowest BCUT2D eigenvalue weighted by Crippen LogP contribution is -2.20. The highest BCUT2D eigenvalue weighted by Gasteiger charge is 1.98. The molecule has 0 unspecified atom stereocenters. The van der Waals surface area contributed by atoms with Gasteiger partial charge >= 0.3 is 5.97 Å². The lowest BCUT2D eigenvalue weighted by Gasteiger charge is -2.02. The number of carbonyl (C=O) groups is 1. The zero-order chi connectivity index (χ0) is 9.94. The zero-order valence-electron chi connectivity index (χ0n) is 8.51. The minimum absolute atomic E-state index is 0.124. The van der Waals surface area contributed by atoms with Gasteiger partial charge in [0.15, 0.2) is 0 Å². The van der Waals surface area contributed by atoms with Gasteiger partial charge in [-0.15, -0.1) is 0 Å². The van der Waals surface area contributed by atoms with E-state index in [9.17, 15) is 4.79 Å². The molecule has 0 bridgehead atoms. The fraction of sp³-hybridized carbons (Fsp3) is 0.700. The number of esters is 1. The second kappa shape index (κ2) is 9.26. The molecule has 0 aliphatic heterocycles. The number of hydrogen-bond donors (Lipinski definition) is 1. The van der Waals surface area contributed by atoms with Gasteiger partial charge < -0.3 is 10.1 Å². The summed E-state index contributed by atoms with van der Waals surface area (Å²) in [6.45, 7) is 5.91. The highest BCUT2D eigenvalue weighted by atomic mass is 16.5. The summed E-state index contributed by atoms with van der Waals surface area (Å²) >= 11 is 0. The lowest BCUT2D eigenvalue weighted by atomic mass is 10.3. The molecule has 0 heterocycles. The van der Waals surface area contributed by atoms with Crippen molar-refractivity contribution in [3.8, 4) is 0 Å². The van der Waals surface area contributed by atoms with Crippen LogP contribution in [0.15, 0.2) is 12.2 Å². The summed E-state index contributed by atoms with van der Waals surface area (Å²) < 4.78 is 4.78. The van der Waals surface area contributed by atoms with Crippen LogP contribution in [0, 0.1) is 0 Å². The maximum absolute atomic E-state index is 10.9. The van der Waals surface area contributed by atoms with Gasteiger partial charge in [0.25, 0.3) is 0 Å². The van der Waals surface area contributed by atoms with Crippen LogP contribution < -0.4 is 5.32 Å². The minimum atomic E-state index is -0.124. The van der Waals surface area contributed by atoms with Crippen LogP contribution in [-0.4, -0.2) is 25.7 Å². The number of hydrogen-bond acceptors (Lipinski definition) is 3. The molecule has 0 rings (SSSR count). The molecule has 0 radical (unpaired) electrons. The van der Waals surface area contributed by atoms with Gasteiger partial charge in [0.1, 0.15) is 0 Å². The Bertz CT molecular complexity index is 155. The standard InChI is InChI=1S/C10H19NO2/c1-3-5-6-8-11-9-7-10(12)13-4-2/h3,5,11H,4,6-9H2,1-2H3/b5-3+. The molecular formula is C10H19NO2. The number of ether oxygens (including phenoxy) is 1. The molecule has 3 heteroatoms. The number of allylic oxidation sites excluding steroid dienone is 1. The van der Waals surface area contributed by atoms with Crippen LogP contribution >= 0.6 is 0 Å². The van der Waals surface area contributed by atoms with E-state index in [2.05, 4.69) is 11.4 Å². The molecule has 0 aromatic heterocycles. The van der Waals surface area contributed by atoms with Crippen molar-refractivity contribution in [1.29, 1.82) is 0 Å². The minimum Gasteiger partial charge on any atom is -0.466 e. The van der Waals surface area contributed by atoms with Gasteiger partial charge in [0, 0.05) is 6.54 Å². The van der Waals surface area contributed by atoms with Crippen molar-refractivity contribution >= 4 is 5.97 Å². The largest absolute Gasteiger partial charge is 0.466 e. The molecule has 0 aromatic carbocycles. The topological polar surface area (TPSA) is 38.3 Å². The Morgan fingerprint density at radius 3 is 2.85 bits per heavy atom. The Morgan fingerprint density at radius 1 is 1.46 bits per heavy atom. The van der Waals surface area contributed by atoms with Crippen molar-refractivity contribution in [1.82, 2.24) is 5.32 Å². The van der Waals surface area contributed by atoms with Gasteiger partial charge in [-0.1, -0.05) is 12.2 Å². The zero-order valence-corrected chi connectivity index (χ0v) is 8.51. The van der Waals surface area contributed by atoms with E-state index < -0.39 is 0 Å². The first-order valence-electron chi connectivity index (χ1n) is 4.78. The maximum atomic E-state index is 10.9. The Morgan fingerprint density at radius 2 is 2.23 bits per heavy atom. The monoisotopic (exact) mass is 185 g/mol. The van der Waals surface area contributed by atoms with Gasteiger partial charge in [-0.25, -0.2) is 0 Å².